The molecule has 0 saturated carbocycles. The highest BCUT2D eigenvalue weighted by Crippen LogP contribution is 2.30. The third kappa shape index (κ3) is 3.70. The van der Waals surface area contributed by atoms with Crippen LogP contribution < -0.4 is 5.32 Å². The highest BCUT2D eigenvalue weighted by molar-refractivity contribution is 5.81. The van der Waals surface area contributed by atoms with Gasteiger partial charge in [0, 0.05) is 20.5 Å². The lowest BCUT2D eigenvalue weighted by molar-refractivity contribution is -0.137. The average Bonchev–Trinajstić information content (AvgIpc) is 2.97. The summed E-state index contributed by atoms with van der Waals surface area (Å²) in [6, 6.07) is 5.53. The van der Waals surface area contributed by atoms with E-state index < -0.39 is 0 Å². The zero-order valence-corrected chi connectivity index (χ0v) is 14.3. The van der Waals surface area contributed by atoms with Gasteiger partial charge in [0.2, 0.25) is 11.8 Å². The van der Waals surface area contributed by atoms with Gasteiger partial charge in [-0.1, -0.05) is 12.1 Å². The van der Waals surface area contributed by atoms with Crippen LogP contribution in [0.3, 0.4) is 0 Å². The Morgan fingerprint density at radius 1 is 1.40 bits per heavy atom. The van der Waals surface area contributed by atoms with Crippen molar-refractivity contribution in [3.05, 3.63) is 53.9 Å². The number of nitrogens with one attached hydrogen (secondary N) is 1. The van der Waals surface area contributed by atoms with Crippen LogP contribution in [-0.4, -0.2) is 39.4 Å². The number of aromatic nitrogens is 2. The first-order valence-corrected chi connectivity index (χ1v) is 8.21. The molecule has 2 heterocycles. The van der Waals surface area contributed by atoms with Crippen LogP contribution in [0.1, 0.15) is 30.1 Å². The number of hydrogen-bond acceptors (Lipinski definition) is 3. The van der Waals surface area contributed by atoms with Crippen LogP contribution in [0.4, 0.5) is 4.39 Å². The quantitative estimate of drug-likeness (QED) is 0.916. The maximum Gasteiger partial charge on any atom is 0.224 e. The molecule has 0 radical (unpaired) electrons. The SMILES string of the molecule is CN1C(=O)CC[C@@H](NC(=O)Cc2cccc(F)c2)[C@@H]1c1cncn1C. The first-order valence-electron chi connectivity index (χ1n) is 8.21. The maximum absolute atomic E-state index is 13.3. The van der Waals surface area contributed by atoms with E-state index in [0.29, 0.717) is 18.4 Å². The summed E-state index contributed by atoms with van der Waals surface area (Å²) >= 11 is 0. The molecule has 1 saturated heterocycles. The number of amides is 2. The number of likely N-dealkylation sites (N-methyl/N-ethyl adjacent to an activating group) is 1. The van der Waals surface area contributed by atoms with Crippen LogP contribution >= 0.6 is 0 Å². The number of carbonyl (C=O) groups is 2. The van der Waals surface area contributed by atoms with Gasteiger partial charge in [0.1, 0.15) is 5.82 Å². The van der Waals surface area contributed by atoms with Gasteiger partial charge in [-0.2, -0.15) is 0 Å². The van der Waals surface area contributed by atoms with Crippen LogP contribution in [0.5, 0.6) is 0 Å². The number of benzene rings is 1. The number of likely N-dealkylation sites (tertiary alicyclic amines) is 1. The second-order valence-electron chi connectivity index (χ2n) is 6.40. The predicted molar refractivity (Wildman–Crippen MR) is 90.0 cm³/mol. The Balaban J connectivity index is 1.76. The minimum Gasteiger partial charge on any atom is -0.351 e. The van der Waals surface area contributed by atoms with E-state index in [0.717, 1.165) is 5.69 Å². The number of halogens is 1. The van der Waals surface area contributed by atoms with Crippen molar-refractivity contribution >= 4 is 11.8 Å². The van der Waals surface area contributed by atoms with Crippen molar-refractivity contribution in [2.24, 2.45) is 7.05 Å². The van der Waals surface area contributed by atoms with Gasteiger partial charge in [-0.25, -0.2) is 9.37 Å². The van der Waals surface area contributed by atoms with Gasteiger partial charge in [-0.15, -0.1) is 0 Å². The summed E-state index contributed by atoms with van der Waals surface area (Å²) in [6.07, 6.45) is 4.44. The van der Waals surface area contributed by atoms with Gasteiger partial charge in [0.15, 0.2) is 0 Å². The molecular formula is C18H21FN4O2. The van der Waals surface area contributed by atoms with Gasteiger partial charge < -0.3 is 14.8 Å². The van der Waals surface area contributed by atoms with Crippen molar-refractivity contribution in [3.63, 3.8) is 0 Å². The van der Waals surface area contributed by atoms with Gasteiger partial charge in [-0.3, -0.25) is 9.59 Å². The molecule has 7 heteroatoms. The van der Waals surface area contributed by atoms with E-state index in [-0.39, 0.29) is 36.1 Å². The smallest absolute Gasteiger partial charge is 0.224 e. The third-order valence-electron chi connectivity index (χ3n) is 4.62. The Kier molecular flexibility index (Phi) is 4.83. The first kappa shape index (κ1) is 17.1. The molecular weight excluding hydrogens is 323 g/mol. The normalized spacial score (nSPS) is 20.6. The van der Waals surface area contributed by atoms with E-state index in [1.165, 1.54) is 12.1 Å². The van der Waals surface area contributed by atoms with Crippen LogP contribution in [-0.2, 0) is 23.1 Å². The summed E-state index contributed by atoms with van der Waals surface area (Å²) < 4.78 is 15.1. The molecule has 2 atom stereocenters. The van der Waals surface area contributed by atoms with E-state index in [1.807, 2.05) is 11.6 Å². The fraction of sp³-hybridized carbons (Fsp3) is 0.389. The minimum atomic E-state index is -0.360. The summed E-state index contributed by atoms with van der Waals surface area (Å²) in [5.41, 5.74) is 1.49. The van der Waals surface area contributed by atoms with Crippen molar-refractivity contribution < 1.29 is 14.0 Å². The van der Waals surface area contributed by atoms with Crippen molar-refractivity contribution in [1.29, 1.82) is 0 Å². The highest BCUT2D eigenvalue weighted by atomic mass is 19.1. The summed E-state index contributed by atoms with van der Waals surface area (Å²) in [6.45, 7) is 0. The van der Waals surface area contributed by atoms with E-state index in [1.54, 1.807) is 36.6 Å². The van der Waals surface area contributed by atoms with E-state index in [9.17, 15) is 14.0 Å². The minimum absolute atomic E-state index is 0.0434. The summed E-state index contributed by atoms with van der Waals surface area (Å²) in [7, 11) is 3.60. The number of hydrogen-bond donors (Lipinski definition) is 1. The molecule has 0 unspecified atom stereocenters. The first-order chi connectivity index (χ1) is 12.0. The molecule has 0 spiro atoms. The van der Waals surface area contributed by atoms with Gasteiger partial charge in [0.05, 0.1) is 36.7 Å². The monoisotopic (exact) mass is 344 g/mol. The Bertz CT molecular complexity index is 789. The average molecular weight is 344 g/mol. The number of nitrogens with zero attached hydrogens (tertiary/aromatic N) is 3. The van der Waals surface area contributed by atoms with Crippen LogP contribution in [0.15, 0.2) is 36.8 Å². The van der Waals surface area contributed by atoms with Crippen molar-refractivity contribution in [2.75, 3.05) is 7.05 Å². The molecule has 25 heavy (non-hydrogen) atoms. The van der Waals surface area contributed by atoms with Crippen molar-refractivity contribution in [2.45, 2.75) is 31.3 Å². The summed E-state index contributed by atoms with van der Waals surface area (Å²) in [5, 5.41) is 3.01. The van der Waals surface area contributed by atoms with E-state index >= 15 is 0 Å². The summed E-state index contributed by atoms with van der Waals surface area (Å²) in [5.74, 6) is -0.506. The number of rotatable bonds is 4. The molecule has 1 fully saturated rings. The van der Waals surface area contributed by atoms with Gasteiger partial charge in [-0.05, 0) is 24.1 Å². The lowest BCUT2D eigenvalue weighted by Gasteiger charge is -2.39. The van der Waals surface area contributed by atoms with E-state index in [2.05, 4.69) is 10.3 Å². The predicted octanol–water partition coefficient (Wildman–Crippen LogP) is 1.58. The third-order valence-corrected chi connectivity index (χ3v) is 4.62. The maximum atomic E-state index is 13.3. The van der Waals surface area contributed by atoms with Crippen LogP contribution in [0.2, 0.25) is 0 Å². The van der Waals surface area contributed by atoms with Gasteiger partial charge in [0.25, 0.3) is 0 Å². The van der Waals surface area contributed by atoms with Gasteiger partial charge >= 0.3 is 0 Å². The zero-order chi connectivity index (χ0) is 18.0. The van der Waals surface area contributed by atoms with E-state index in [4.69, 9.17) is 0 Å². The Morgan fingerprint density at radius 3 is 2.88 bits per heavy atom. The molecule has 132 valence electrons. The van der Waals surface area contributed by atoms with Crippen molar-refractivity contribution in [3.8, 4) is 0 Å². The molecule has 1 aliphatic rings. The van der Waals surface area contributed by atoms with Crippen LogP contribution in [0, 0.1) is 5.82 Å². The number of carbonyl (C=O) groups excluding carboxylic acids is 2. The summed E-state index contributed by atoms with van der Waals surface area (Å²) in [4.78, 5) is 30.3. The number of piperidine rings is 1. The lowest BCUT2D eigenvalue weighted by atomic mass is 9.93. The van der Waals surface area contributed by atoms with Crippen molar-refractivity contribution in [1.82, 2.24) is 19.8 Å². The molecule has 2 amide bonds. The number of aryl methyl sites for hydroxylation is 1. The molecule has 0 aliphatic carbocycles. The topological polar surface area (TPSA) is 67.2 Å². The largest absolute Gasteiger partial charge is 0.351 e. The molecule has 1 N–H and O–H groups in total. The lowest BCUT2D eigenvalue weighted by Crippen LogP contribution is -2.51. The Labute approximate surface area is 145 Å². The fourth-order valence-electron chi connectivity index (χ4n) is 3.34. The fourth-order valence-corrected chi connectivity index (χ4v) is 3.34. The second-order valence-corrected chi connectivity index (χ2v) is 6.40. The van der Waals surface area contributed by atoms with Crippen LogP contribution in [0.25, 0.3) is 0 Å². The molecule has 1 aromatic heterocycles. The second kappa shape index (κ2) is 7.04. The molecule has 0 bridgehead atoms. The molecule has 2 aromatic rings. The number of imidazole rings is 1. The molecule has 3 rings (SSSR count). The Hall–Kier alpha value is -2.70. The molecule has 1 aromatic carbocycles. The Morgan fingerprint density at radius 2 is 2.20 bits per heavy atom. The standard InChI is InChI=1S/C18H21FN4O2/c1-22-11-20-10-15(22)18-14(6-7-17(25)23(18)2)21-16(24)9-12-4-3-5-13(19)8-12/h3-5,8,10-11,14,18H,6-7,9H2,1-2H3,(H,21,24)/t14-,18-/m1/s1. The molecule has 1 aliphatic heterocycles. The molecule has 6 nitrogen and oxygen atoms in total. The highest BCUT2D eigenvalue weighted by Gasteiger charge is 2.37. The zero-order valence-electron chi connectivity index (χ0n) is 14.3.